The van der Waals surface area contributed by atoms with E-state index in [1.54, 1.807) is 12.1 Å². The third kappa shape index (κ3) is 5.95. The van der Waals surface area contributed by atoms with Gasteiger partial charge in [0.2, 0.25) is 0 Å². The van der Waals surface area contributed by atoms with E-state index in [0.717, 1.165) is 17.0 Å². The zero-order chi connectivity index (χ0) is 18.4. The second-order valence-corrected chi connectivity index (χ2v) is 6.93. The van der Waals surface area contributed by atoms with Gasteiger partial charge in [0.15, 0.2) is 6.61 Å². The van der Waals surface area contributed by atoms with Gasteiger partial charge < -0.3 is 14.6 Å². The Morgan fingerprint density at radius 3 is 2.68 bits per heavy atom. The Morgan fingerprint density at radius 1 is 1.28 bits per heavy atom. The minimum atomic E-state index is -0.471. The second-order valence-electron chi connectivity index (χ2n) is 5.13. The lowest BCUT2D eigenvalue weighted by Gasteiger charge is -2.07. The molecule has 0 aliphatic carbocycles. The molecule has 1 amide bonds. The molecule has 0 unspecified atom stereocenters. The zero-order valence-electron chi connectivity index (χ0n) is 13.6. The molecule has 1 N–H and O–H groups in total. The van der Waals surface area contributed by atoms with Crippen molar-refractivity contribution < 1.29 is 18.8 Å². The summed E-state index contributed by atoms with van der Waals surface area (Å²) in [6.45, 7) is 3.30. The van der Waals surface area contributed by atoms with E-state index < -0.39 is 11.9 Å². The smallest absolute Gasteiger partial charge is 0.316 e. The second kappa shape index (κ2) is 9.12. The van der Waals surface area contributed by atoms with E-state index in [0.29, 0.717) is 21.5 Å². The summed E-state index contributed by atoms with van der Waals surface area (Å²) in [7, 11) is 0. The Balaban J connectivity index is 1.70. The quantitative estimate of drug-likeness (QED) is 0.704. The van der Waals surface area contributed by atoms with Crippen molar-refractivity contribution in [2.75, 3.05) is 17.7 Å². The van der Waals surface area contributed by atoms with Gasteiger partial charge in [-0.3, -0.25) is 9.59 Å². The minimum absolute atomic E-state index is 0.129. The van der Waals surface area contributed by atoms with E-state index in [4.69, 9.17) is 32.5 Å². The summed E-state index contributed by atoms with van der Waals surface area (Å²) in [6, 6.07) is 4.69. The van der Waals surface area contributed by atoms with Crippen molar-refractivity contribution in [2.45, 2.75) is 19.6 Å². The van der Waals surface area contributed by atoms with Gasteiger partial charge in [-0.25, -0.2) is 0 Å². The Hall–Kier alpha value is -1.70. The molecule has 0 aliphatic rings. The number of anilines is 1. The zero-order valence-corrected chi connectivity index (χ0v) is 15.9. The number of halogens is 2. The van der Waals surface area contributed by atoms with Crippen LogP contribution in [-0.4, -0.2) is 29.4 Å². The highest BCUT2D eigenvalue weighted by molar-refractivity contribution is 7.99. The SMILES string of the molecule is Cc1noc(C)c1CSCC(=O)OCC(=O)Nc1ccc(Cl)c(Cl)c1. The van der Waals surface area contributed by atoms with Gasteiger partial charge in [0.25, 0.3) is 5.91 Å². The van der Waals surface area contributed by atoms with Crippen molar-refractivity contribution in [3.05, 3.63) is 45.3 Å². The number of rotatable bonds is 7. The average Bonchev–Trinajstić information content (AvgIpc) is 2.88. The molecule has 1 aromatic heterocycles. The summed E-state index contributed by atoms with van der Waals surface area (Å²) in [5.41, 5.74) is 2.25. The summed E-state index contributed by atoms with van der Waals surface area (Å²) in [5, 5.41) is 7.14. The number of carbonyl (C=O) groups is 2. The first-order chi connectivity index (χ1) is 11.9. The standard InChI is InChI=1S/C16H16Cl2N2O4S/c1-9-12(10(2)24-20-9)7-25-8-16(22)23-6-15(21)19-11-3-4-13(17)14(18)5-11/h3-5H,6-8H2,1-2H3,(H,19,21). The number of benzene rings is 1. The Kier molecular flexibility index (Phi) is 7.16. The van der Waals surface area contributed by atoms with Crippen LogP contribution >= 0.6 is 35.0 Å². The topological polar surface area (TPSA) is 81.4 Å². The number of nitrogens with one attached hydrogen (secondary N) is 1. The van der Waals surface area contributed by atoms with Gasteiger partial charge >= 0.3 is 5.97 Å². The van der Waals surface area contributed by atoms with Crippen molar-refractivity contribution in [1.29, 1.82) is 0 Å². The van der Waals surface area contributed by atoms with Crippen LogP contribution in [-0.2, 0) is 20.1 Å². The number of amides is 1. The minimum Gasteiger partial charge on any atom is -0.455 e. The van der Waals surface area contributed by atoms with Crippen LogP contribution in [0.3, 0.4) is 0 Å². The molecule has 0 bridgehead atoms. The van der Waals surface area contributed by atoms with Crippen LogP contribution in [0.15, 0.2) is 22.7 Å². The van der Waals surface area contributed by atoms with Crippen molar-refractivity contribution in [2.24, 2.45) is 0 Å². The molecule has 6 nitrogen and oxygen atoms in total. The fourth-order valence-electron chi connectivity index (χ4n) is 1.90. The highest BCUT2D eigenvalue weighted by Gasteiger charge is 2.12. The van der Waals surface area contributed by atoms with E-state index in [9.17, 15) is 9.59 Å². The molecule has 2 aromatic rings. The lowest BCUT2D eigenvalue weighted by Crippen LogP contribution is -2.21. The molecule has 0 saturated carbocycles. The Labute approximate surface area is 159 Å². The maximum Gasteiger partial charge on any atom is 0.316 e. The number of thioether (sulfide) groups is 1. The maximum absolute atomic E-state index is 11.8. The molecule has 2 rings (SSSR count). The predicted octanol–water partition coefficient (Wildman–Crippen LogP) is 4.01. The van der Waals surface area contributed by atoms with Crippen LogP contribution in [0.1, 0.15) is 17.0 Å². The van der Waals surface area contributed by atoms with Gasteiger partial charge in [0.1, 0.15) is 5.76 Å². The maximum atomic E-state index is 11.8. The van der Waals surface area contributed by atoms with Crippen LogP contribution in [0, 0.1) is 13.8 Å². The molecule has 9 heteroatoms. The average molecular weight is 403 g/mol. The number of hydrogen-bond donors (Lipinski definition) is 1. The number of carbonyl (C=O) groups excluding carboxylic acids is 2. The molecule has 1 aromatic carbocycles. The first-order valence-corrected chi connectivity index (χ1v) is 9.18. The van der Waals surface area contributed by atoms with E-state index in [2.05, 4.69) is 10.5 Å². The largest absolute Gasteiger partial charge is 0.455 e. The molecular formula is C16H16Cl2N2O4S. The molecule has 134 valence electrons. The summed E-state index contributed by atoms with van der Waals surface area (Å²) in [6.07, 6.45) is 0. The fraction of sp³-hybridized carbons (Fsp3) is 0.312. The highest BCUT2D eigenvalue weighted by atomic mass is 35.5. The summed E-state index contributed by atoms with van der Waals surface area (Å²) in [4.78, 5) is 23.5. The summed E-state index contributed by atoms with van der Waals surface area (Å²) >= 11 is 13.0. The van der Waals surface area contributed by atoms with Gasteiger partial charge in [-0.05, 0) is 32.0 Å². The highest BCUT2D eigenvalue weighted by Crippen LogP contribution is 2.25. The Morgan fingerprint density at radius 2 is 2.04 bits per heavy atom. The molecule has 0 fully saturated rings. The van der Waals surface area contributed by atoms with Gasteiger partial charge in [-0.2, -0.15) is 0 Å². The molecule has 0 saturated heterocycles. The predicted molar refractivity (Wildman–Crippen MR) is 98.2 cm³/mol. The third-order valence-electron chi connectivity index (χ3n) is 3.22. The summed E-state index contributed by atoms with van der Waals surface area (Å²) < 4.78 is 9.99. The lowest BCUT2D eigenvalue weighted by molar-refractivity contribution is -0.144. The van der Waals surface area contributed by atoms with Gasteiger partial charge in [-0.15, -0.1) is 11.8 Å². The molecule has 0 spiro atoms. The number of aromatic nitrogens is 1. The van der Waals surface area contributed by atoms with Crippen LogP contribution in [0.5, 0.6) is 0 Å². The van der Waals surface area contributed by atoms with Gasteiger partial charge in [0.05, 0.1) is 21.5 Å². The first kappa shape index (κ1) is 19.6. The van der Waals surface area contributed by atoms with Crippen molar-refractivity contribution in [3.63, 3.8) is 0 Å². The van der Waals surface area contributed by atoms with E-state index in [1.165, 1.54) is 17.8 Å². The lowest BCUT2D eigenvalue weighted by atomic mass is 10.2. The molecular weight excluding hydrogens is 387 g/mol. The Bertz CT molecular complexity index is 760. The fourth-order valence-corrected chi connectivity index (χ4v) is 3.17. The number of hydrogen-bond acceptors (Lipinski definition) is 6. The molecule has 0 radical (unpaired) electrons. The molecule has 0 aliphatic heterocycles. The first-order valence-electron chi connectivity index (χ1n) is 7.27. The van der Waals surface area contributed by atoms with Crippen molar-refractivity contribution in [3.8, 4) is 0 Å². The van der Waals surface area contributed by atoms with Gasteiger partial charge in [-0.1, -0.05) is 28.4 Å². The van der Waals surface area contributed by atoms with E-state index >= 15 is 0 Å². The van der Waals surface area contributed by atoms with Crippen molar-refractivity contribution in [1.82, 2.24) is 5.16 Å². The van der Waals surface area contributed by atoms with Crippen molar-refractivity contribution >= 4 is 52.5 Å². The van der Waals surface area contributed by atoms with Crippen LogP contribution in [0.2, 0.25) is 10.0 Å². The number of aryl methyl sites for hydroxylation is 2. The van der Waals surface area contributed by atoms with Crippen LogP contribution < -0.4 is 5.32 Å². The molecule has 0 atom stereocenters. The number of ether oxygens (including phenoxy) is 1. The van der Waals surface area contributed by atoms with Crippen LogP contribution in [0.4, 0.5) is 5.69 Å². The third-order valence-corrected chi connectivity index (χ3v) is 4.89. The normalized spacial score (nSPS) is 10.6. The number of esters is 1. The summed E-state index contributed by atoms with van der Waals surface area (Å²) in [5.74, 6) is 0.526. The van der Waals surface area contributed by atoms with Crippen LogP contribution in [0.25, 0.3) is 0 Å². The van der Waals surface area contributed by atoms with E-state index in [1.807, 2.05) is 13.8 Å². The molecule has 1 heterocycles. The monoisotopic (exact) mass is 402 g/mol. The van der Waals surface area contributed by atoms with Gasteiger partial charge in [0, 0.05) is 17.0 Å². The number of nitrogens with zero attached hydrogens (tertiary/aromatic N) is 1. The van der Waals surface area contributed by atoms with E-state index in [-0.39, 0.29) is 12.4 Å². The molecule has 25 heavy (non-hydrogen) atoms.